The summed E-state index contributed by atoms with van der Waals surface area (Å²) in [7, 11) is 0. The lowest BCUT2D eigenvalue weighted by molar-refractivity contribution is -0.151. The molecule has 1 aliphatic carbocycles. The molecule has 0 saturated carbocycles. The van der Waals surface area contributed by atoms with Crippen molar-refractivity contribution in [3.63, 3.8) is 0 Å². The van der Waals surface area contributed by atoms with E-state index < -0.39 is 17.1 Å². The summed E-state index contributed by atoms with van der Waals surface area (Å²) in [5.74, 6) is -0.880. The molecule has 1 amide bonds. The number of piperidine rings is 1. The number of carboxylic acid groups (broad SMARTS) is 1. The lowest BCUT2D eigenvalue weighted by atomic mass is 9.84. The quantitative estimate of drug-likeness (QED) is 0.873. The van der Waals surface area contributed by atoms with E-state index in [0.29, 0.717) is 25.9 Å². The first kappa shape index (κ1) is 18.7. The minimum atomic E-state index is -1.10. The maximum Gasteiger partial charge on any atom is 0.410 e. The van der Waals surface area contributed by atoms with Crippen molar-refractivity contribution in [2.45, 2.75) is 76.9 Å². The highest BCUT2D eigenvalue weighted by Gasteiger charge is 2.49. The number of hydrogen-bond acceptors (Lipinski definition) is 4. The smallest absolute Gasteiger partial charge is 0.410 e. The maximum absolute atomic E-state index is 12.3. The largest absolute Gasteiger partial charge is 0.479 e. The van der Waals surface area contributed by atoms with Gasteiger partial charge in [0, 0.05) is 37.0 Å². The fourth-order valence-corrected chi connectivity index (χ4v) is 4.08. The minimum absolute atomic E-state index is 0.0867. The van der Waals surface area contributed by atoms with Gasteiger partial charge in [-0.2, -0.15) is 5.10 Å². The molecule has 0 bridgehead atoms. The summed E-state index contributed by atoms with van der Waals surface area (Å²) in [6.45, 7) is 10.4. The Bertz CT molecular complexity index is 722. The summed E-state index contributed by atoms with van der Waals surface area (Å²) < 4.78 is 7.16. The molecule has 2 heterocycles. The molecule has 7 nitrogen and oxygen atoms in total. The molecular weight excluding hydrogens is 334 g/mol. The third-order valence-corrected chi connectivity index (χ3v) is 5.55. The van der Waals surface area contributed by atoms with Gasteiger partial charge in [0.15, 0.2) is 5.54 Å². The number of aliphatic carboxylic acids is 1. The number of nitrogens with zero attached hydrogens (tertiary/aromatic N) is 3. The van der Waals surface area contributed by atoms with E-state index in [9.17, 15) is 14.7 Å². The maximum atomic E-state index is 12.3. The van der Waals surface area contributed by atoms with E-state index in [1.165, 1.54) is 0 Å². The molecule has 2 aliphatic rings. The second-order valence-corrected chi connectivity index (χ2v) is 9.12. The topological polar surface area (TPSA) is 84.7 Å². The predicted octanol–water partition coefficient (Wildman–Crippen LogP) is 2.92. The Morgan fingerprint density at radius 3 is 2.35 bits per heavy atom. The average Bonchev–Trinajstić information content (AvgIpc) is 3.07. The number of likely N-dealkylation sites (tertiary alicyclic amines) is 1. The van der Waals surface area contributed by atoms with E-state index in [2.05, 4.69) is 18.9 Å². The van der Waals surface area contributed by atoms with Crippen LogP contribution in [0.3, 0.4) is 0 Å². The summed E-state index contributed by atoms with van der Waals surface area (Å²) in [5.41, 5.74) is 0.422. The van der Waals surface area contributed by atoms with Gasteiger partial charge in [0.2, 0.25) is 0 Å². The van der Waals surface area contributed by atoms with Crippen molar-refractivity contribution in [1.29, 1.82) is 0 Å². The van der Waals surface area contributed by atoms with E-state index in [1.807, 2.05) is 27.0 Å². The lowest BCUT2D eigenvalue weighted by Gasteiger charge is -2.41. The van der Waals surface area contributed by atoms with Gasteiger partial charge in [-0.3, -0.25) is 4.68 Å². The Morgan fingerprint density at radius 2 is 1.81 bits per heavy atom. The van der Waals surface area contributed by atoms with Gasteiger partial charge < -0.3 is 14.7 Å². The van der Waals surface area contributed by atoms with Crippen LogP contribution in [0.15, 0.2) is 6.20 Å². The van der Waals surface area contributed by atoms with Crippen molar-refractivity contribution in [1.82, 2.24) is 14.7 Å². The van der Waals surface area contributed by atoms with Crippen LogP contribution >= 0.6 is 0 Å². The van der Waals surface area contributed by atoms with Crippen LogP contribution in [0, 0.1) is 0 Å². The van der Waals surface area contributed by atoms with Crippen LogP contribution in [0.2, 0.25) is 0 Å². The van der Waals surface area contributed by atoms with Crippen LogP contribution in [-0.4, -0.2) is 50.5 Å². The lowest BCUT2D eigenvalue weighted by Crippen LogP contribution is -2.54. The number of carbonyl (C=O) groups excluding carboxylic acids is 1. The van der Waals surface area contributed by atoms with Crippen molar-refractivity contribution in [2.24, 2.45) is 0 Å². The normalized spacial score (nSPS) is 21.3. The van der Waals surface area contributed by atoms with Crippen molar-refractivity contribution in [3.8, 4) is 0 Å². The number of hydrogen-bond donors (Lipinski definition) is 1. The molecule has 3 rings (SSSR count). The Labute approximate surface area is 154 Å². The summed E-state index contributed by atoms with van der Waals surface area (Å²) in [4.78, 5) is 26.2. The number of carboxylic acids is 1. The van der Waals surface area contributed by atoms with Gasteiger partial charge in [0.25, 0.3) is 0 Å². The van der Waals surface area contributed by atoms with Gasteiger partial charge in [-0.05, 0) is 39.2 Å². The van der Waals surface area contributed by atoms with Gasteiger partial charge in [-0.25, -0.2) is 9.59 Å². The van der Waals surface area contributed by atoms with Crippen molar-refractivity contribution in [3.05, 3.63) is 17.5 Å². The minimum Gasteiger partial charge on any atom is -0.479 e. The van der Waals surface area contributed by atoms with Crippen LogP contribution in [-0.2, 0) is 26.9 Å². The van der Waals surface area contributed by atoms with E-state index >= 15 is 0 Å². The number of carbonyl (C=O) groups is 2. The number of aryl methyl sites for hydroxylation is 1. The third kappa shape index (κ3) is 3.08. The Balaban J connectivity index is 1.85. The first-order valence-electron chi connectivity index (χ1n) is 9.25. The Hall–Kier alpha value is -2.05. The SMILES string of the molecule is CC(C)(C)OC(=O)N1CCC(C(=O)O)(n2ncc3c2C(C)(C)CC3)CC1. The van der Waals surface area contributed by atoms with Crippen LogP contribution in [0.1, 0.15) is 65.1 Å². The highest BCUT2D eigenvalue weighted by Crippen LogP contribution is 2.42. The fraction of sp³-hybridized carbons (Fsp3) is 0.737. The van der Waals surface area contributed by atoms with E-state index in [4.69, 9.17) is 4.74 Å². The Kier molecular flexibility index (Phi) is 4.32. The van der Waals surface area contributed by atoms with Crippen LogP contribution in [0.25, 0.3) is 0 Å². The molecule has 1 saturated heterocycles. The first-order valence-corrected chi connectivity index (χ1v) is 9.25. The Morgan fingerprint density at radius 1 is 1.19 bits per heavy atom. The highest BCUT2D eigenvalue weighted by atomic mass is 16.6. The van der Waals surface area contributed by atoms with E-state index in [-0.39, 0.29) is 11.5 Å². The molecule has 1 aromatic rings. The van der Waals surface area contributed by atoms with Gasteiger partial charge in [0.05, 0.1) is 6.20 Å². The monoisotopic (exact) mass is 363 g/mol. The number of amides is 1. The molecule has 0 unspecified atom stereocenters. The third-order valence-electron chi connectivity index (χ3n) is 5.55. The van der Waals surface area contributed by atoms with Crippen molar-refractivity contribution >= 4 is 12.1 Å². The zero-order chi connectivity index (χ0) is 19.3. The molecule has 1 aliphatic heterocycles. The molecule has 0 aromatic carbocycles. The predicted molar refractivity (Wildman–Crippen MR) is 96.2 cm³/mol. The summed E-state index contributed by atoms with van der Waals surface area (Å²) >= 11 is 0. The highest BCUT2D eigenvalue weighted by molar-refractivity contribution is 5.78. The number of ether oxygens (including phenoxy) is 1. The van der Waals surface area contributed by atoms with E-state index in [1.54, 1.807) is 9.58 Å². The molecule has 0 radical (unpaired) electrons. The van der Waals surface area contributed by atoms with Crippen LogP contribution in [0.5, 0.6) is 0 Å². The van der Waals surface area contributed by atoms with Gasteiger partial charge in [-0.15, -0.1) is 0 Å². The molecule has 1 N–H and O–H groups in total. The molecule has 0 atom stereocenters. The zero-order valence-corrected chi connectivity index (χ0v) is 16.3. The zero-order valence-electron chi connectivity index (χ0n) is 16.3. The molecule has 26 heavy (non-hydrogen) atoms. The number of aromatic nitrogens is 2. The number of fused-ring (bicyclic) bond motifs is 1. The molecular formula is C19H29N3O4. The van der Waals surface area contributed by atoms with Crippen LogP contribution < -0.4 is 0 Å². The molecule has 1 fully saturated rings. The second kappa shape index (κ2) is 5.99. The summed E-state index contributed by atoms with van der Waals surface area (Å²) in [6, 6.07) is 0. The first-order chi connectivity index (χ1) is 12.0. The van der Waals surface area contributed by atoms with Gasteiger partial charge >= 0.3 is 12.1 Å². The molecule has 0 spiro atoms. The van der Waals surface area contributed by atoms with Crippen LogP contribution in [0.4, 0.5) is 4.79 Å². The molecule has 1 aromatic heterocycles. The molecule has 7 heteroatoms. The number of rotatable bonds is 2. The van der Waals surface area contributed by atoms with Crippen molar-refractivity contribution < 1.29 is 19.4 Å². The second-order valence-electron chi connectivity index (χ2n) is 9.12. The average molecular weight is 363 g/mol. The van der Waals surface area contributed by atoms with Gasteiger partial charge in [-0.1, -0.05) is 13.8 Å². The summed E-state index contributed by atoms with van der Waals surface area (Å²) in [5, 5.41) is 14.6. The standard InChI is InChI=1S/C19H29N3O4/c1-17(2,3)26-16(25)21-10-8-19(9-11-21,15(23)24)22-14-13(12-20-22)6-7-18(14,4)5/h12H,6-11H2,1-5H3,(H,23,24). The van der Waals surface area contributed by atoms with E-state index in [0.717, 1.165) is 24.1 Å². The van der Waals surface area contributed by atoms with Gasteiger partial charge in [0.1, 0.15) is 5.60 Å². The van der Waals surface area contributed by atoms with Crippen molar-refractivity contribution in [2.75, 3.05) is 13.1 Å². The fourth-order valence-electron chi connectivity index (χ4n) is 4.08. The molecule has 144 valence electrons. The summed E-state index contributed by atoms with van der Waals surface area (Å²) in [6.07, 6.45) is 4.01.